The molecule has 2 aliphatic rings. The van der Waals surface area contributed by atoms with Gasteiger partial charge in [0.1, 0.15) is 0 Å². The van der Waals surface area contributed by atoms with Gasteiger partial charge in [-0.3, -0.25) is 4.79 Å². The van der Waals surface area contributed by atoms with Crippen LogP contribution in [-0.4, -0.2) is 42.4 Å². The van der Waals surface area contributed by atoms with Gasteiger partial charge < -0.3 is 14.6 Å². The molecule has 0 saturated carbocycles. The summed E-state index contributed by atoms with van der Waals surface area (Å²) in [5.74, 6) is -0.712. The Morgan fingerprint density at radius 1 is 1.00 bits per heavy atom. The number of carbonyl (C=O) groups is 1. The molecule has 0 amide bonds. The largest absolute Gasteiger partial charge is 0.481 e. The van der Waals surface area contributed by atoms with Crippen molar-refractivity contribution in [2.75, 3.05) is 13.3 Å². The second-order valence-corrected chi connectivity index (χ2v) is 11.9. The van der Waals surface area contributed by atoms with Crippen LogP contribution in [0.1, 0.15) is 23.6 Å². The molecule has 5 rings (SSSR count). The van der Waals surface area contributed by atoms with Gasteiger partial charge in [-0.05, 0) is 55.3 Å². The molecule has 1 N–H and O–H groups in total. The fraction of sp³-hybridized carbons (Fsp3) is 0.269. The van der Waals surface area contributed by atoms with Crippen molar-refractivity contribution in [3.8, 4) is 11.5 Å². The maximum atomic E-state index is 13.8. The number of rotatable bonds is 6. The molecule has 1 saturated heterocycles. The minimum absolute atomic E-state index is 0.113. The summed E-state index contributed by atoms with van der Waals surface area (Å²) >= 11 is 1.48. The van der Waals surface area contributed by atoms with E-state index in [2.05, 4.69) is 0 Å². The molecule has 182 valence electrons. The molecule has 0 radical (unpaired) electrons. The maximum Gasteiger partial charge on any atom is 0.308 e. The van der Waals surface area contributed by atoms with Crippen molar-refractivity contribution in [2.45, 2.75) is 34.4 Å². The summed E-state index contributed by atoms with van der Waals surface area (Å²) in [5.41, 5.74) is 1.69. The van der Waals surface area contributed by atoms with E-state index in [1.807, 2.05) is 43.3 Å². The van der Waals surface area contributed by atoms with Gasteiger partial charge in [-0.15, -0.1) is 11.8 Å². The van der Waals surface area contributed by atoms with Crippen molar-refractivity contribution in [2.24, 2.45) is 5.92 Å². The Hall–Kier alpha value is -3.01. The molecule has 9 heteroatoms. The first-order valence-corrected chi connectivity index (χ1v) is 13.6. The molecule has 0 bridgehead atoms. The van der Waals surface area contributed by atoms with E-state index in [-0.39, 0.29) is 23.5 Å². The number of ether oxygens (including phenoxy) is 2. The molecule has 2 aliphatic heterocycles. The summed E-state index contributed by atoms with van der Waals surface area (Å²) in [6.07, 6.45) is 0.335. The molecule has 0 spiro atoms. The van der Waals surface area contributed by atoms with Gasteiger partial charge >= 0.3 is 5.97 Å². The number of piperidine rings is 1. The van der Waals surface area contributed by atoms with Crippen LogP contribution in [0.5, 0.6) is 11.5 Å². The van der Waals surface area contributed by atoms with Crippen molar-refractivity contribution in [3.63, 3.8) is 0 Å². The van der Waals surface area contributed by atoms with Crippen LogP contribution in [-0.2, 0) is 14.8 Å². The predicted octanol–water partition coefficient (Wildman–Crippen LogP) is 4.72. The summed E-state index contributed by atoms with van der Waals surface area (Å²) in [5, 5.41) is 9.77. The van der Waals surface area contributed by atoms with Crippen LogP contribution in [0.3, 0.4) is 0 Å². The standard InChI is InChI=1S/C26H25NO6S2/c1-17-7-10-20(11-8-17)35(30,31)27-15-21(26(28)29)25(34-19-5-3-2-4-6-19)14-22(27)18-9-12-23-24(13-18)33-16-32-23/h2-13,21-22,25H,14-16H2,1H3,(H,28,29)/t21-,22+,25-/m1/s1. The van der Waals surface area contributed by atoms with Crippen molar-refractivity contribution >= 4 is 27.8 Å². The van der Waals surface area contributed by atoms with E-state index in [9.17, 15) is 18.3 Å². The number of benzene rings is 3. The first-order chi connectivity index (χ1) is 16.8. The third kappa shape index (κ3) is 4.76. The highest BCUT2D eigenvalue weighted by atomic mass is 32.2. The normalized spacial score (nSPS) is 22.1. The minimum atomic E-state index is -3.96. The first-order valence-electron chi connectivity index (χ1n) is 11.3. The minimum Gasteiger partial charge on any atom is -0.481 e. The highest BCUT2D eigenvalue weighted by molar-refractivity contribution is 8.00. The van der Waals surface area contributed by atoms with Crippen LogP contribution in [0, 0.1) is 12.8 Å². The molecule has 3 aromatic rings. The fourth-order valence-corrected chi connectivity index (χ4v) is 7.48. The monoisotopic (exact) mass is 511 g/mol. The Balaban J connectivity index is 1.56. The first kappa shape index (κ1) is 23.7. The average Bonchev–Trinajstić information content (AvgIpc) is 3.32. The predicted molar refractivity (Wildman–Crippen MR) is 132 cm³/mol. The van der Waals surface area contributed by atoms with E-state index in [1.54, 1.807) is 36.4 Å². The average molecular weight is 512 g/mol. The van der Waals surface area contributed by atoms with Crippen molar-refractivity contribution in [1.82, 2.24) is 4.31 Å². The zero-order valence-corrected chi connectivity index (χ0v) is 20.7. The van der Waals surface area contributed by atoms with Crippen molar-refractivity contribution in [3.05, 3.63) is 83.9 Å². The second-order valence-electron chi connectivity index (χ2n) is 8.67. The number of hydrogen-bond donors (Lipinski definition) is 1. The van der Waals surface area contributed by atoms with Gasteiger partial charge in [0.05, 0.1) is 16.9 Å². The molecule has 0 aromatic heterocycles. The summed E-state index contributed by atoms with van der Waals surface area (Å²) in [6, 6.07) is 21.1. The number of nitrogens with zero attached hydrogens (tertiary/aromatic N) is 1. The number of aryl methyl sites for hydroxylation is 1. The molecule has 3 aromatic carbocycles. The van der Waals surface area contributed by atoms with Crippen LogP contribution in [0.15, 0.2) is 82.6 Å². The summed E-state index contributed by atoms with van der Waals surface area (Å²) < 4.78 is 40.0. The zero-order chi connectivity index (χ0) is 24.6. The van der Waals surface area contributed by atoms with Crippen LogP contribution in [0.2, 0.25) is 0 Å². The van der Waals surface area contributed by atoms with Gasteiger partial charge in [0.25, 0.3) is 0 Å². The topological polar surface area (TPSA) is 93.1 Å². The summed E-state index contributed by atoms with van der Waals surface area (Å²) in [6.45, 7) is 1.87. The van der Waals surface area contributed by atoms with Crippen molar-refractivity contribution in [1.29, 1.82) is 0 Å². The number of sulfonamides is 1. The van der Waals surface area contributed by atoms with Gasteiger partial charge in [-0.25, -0.2) is 8.42 Å². The Morgan fingerprint density at radius 2 is 1.71 bits per heavy atom. The molecular weight excluding hydrogens is 486 g/mol. The van der Waals surface area contributed by atoms with Gasteiger partial charge in [-0.1, -0.05) is 42.0 Å². The number of aliphatic carboxylic acids is 1. The Bertz CT molecular complexity index is 1330. The Labute approximate surface area is 208 Å². The lowest BCUT2D eigenvalue weighted by Crippen LogP contribution is -2.49. The number of carboxylic acids is 1. The molecule has 1 fully saturated rings. The summed E-state index contributed by atoms with van der Waals surface area (Å²) in [4.78, 5) is 13.4. The molecular formula is C26H25NO6S2. The van der Waals surface area contributed by atoms with E-state index >= 15 is 0 Å². The highest BCUT2D eigenvalue weighted by Crippen LogP contribution is 2.46. The zero-order valence-electron chi connectivity index (χ0n) is 19.0. The van der Waals surface area contributed by atoms with Crippen LogP contribution >= 0.6 is 11.8 Å². The second kappa shape index (κ2) is 9.56. The molecule has 2 heterocycles. The molecule has 3 atom stereocenters. The Morgan fingerprint density at radius 3 is 2.43 bits per heavy atom. The van der Waals surface area contributed by atoms with Crippen LogP contribution in [0.4, 0.5) is 0 Å². The van der Waals surface area contributed by atoms with E-state index in [1.165, 1.54) is 16.1 Å². The molecule has 35 heavy (non-hydrogen) atoms. The third-order valence-corrected chi connectivity index (χ3v) is 9.64. The lowest BCUT2D eigenvalue weighted by molar-refractivity contribution is -0.143. The van der Waals surface area contributed by atoms with E-state index < -0.39 is 28.0 Å². The Kier molecular flexibility index (Phi) is 6.48. The summed E-state index contributed by atoms with van der Waals surface area (Å²) in [7, 11) is -3.96. The SMILES string of the molecule is Cc1ccc(S(=O)(=O)N2C[C@@H](C(=O)O)[C@H](Sc3ccccc3)C[C@H]2c2ccc3c(c2)OCO3)cc1. The molecule has 7 nitrogen and oxygen atoms in total. The number of hydrogen-bond acceptors (Lipinski definition) is 6. The number of fused-ring (bicyclic) bond motifs is 1. The van der Waals surface area contributed by atoms with Gasteiger partial charge in [0, 0.05) is 16.7 Å². The smallest absolute Gasteiger partial charge is 0.308 e. The van der Waals surface area contributed by atoms with E-state index in [4.69, 9.17) is 9.47 Å². The lowest BCUT2D eigenvalue weighted by atomic mass is 9.90. The van der Waals surface area contributed by atoms with E-state index in [0.717, 1.165) is 16.0 Å². The van der Waals surface area contributed by atoms with E-state index in [0.29, 0.717) is 17.9 Å². The third-order valence-electron chi connectivity index (χ3n) is 6.39. The fourth-order valence-electron chi connectivity index (χ4n) is 4.52. The lowest BCUT2D eigenvalue weighted by Gasteiger charge is -2.41. The quantitative estimate of drug-likeness (QED) is 0.512. The van der Waals surface area contributed by atoms with Crippen molar-refractivity contribution < 1.29 is 27.8 Å². The highest BCUT2D eigenvalue weighted by Gasteiger charge is 2.45. The van der Waals surface area contributed by atoms with Gasteiger partial charge in [0.2, 0.25) is 16.8 Å². The maximum absolute atomic E-state index is 13.8. The molecule has 0 unspecified atom stereocenters. The van der Waals surface area contributed by atoms with Crippen LogP contribution in [0.25, 0.3) is 0 Å². The number of carboxylic acid groups (broad SMARTS) is 1. The van der Waals surface area contributed by atoms with Gasteiger partial charge in [-0.2, -0.15) is 4.31 Å². The molecule has 0 aliphatic carbocycles. The van der Waals surface area contributed by atoms with Gasteiger partial charge in [0.15, 0.2) is 11.5 Å². The van der Waals surface area contributed by atoms with Crippen LogP contribution < -0.4 is 9.47 Å². The number of thioether (sulfide) groups is 1.